The predicted octanol–water partition coefficient (Wildman–Crippen LogP) is 4.59. The molecule has 1 aliphatic carbocycles. The average Bonchev–Trinajstić information content (AvgIpc) is 3.69. The van der Waals surface area contributed by atoms with Crippen LogP contribution in [-0.2, 0) is 11.2 Å². The Bertz CT molecular complexity index is 1190. The molecule has 2 amide bonds. The predicted molar refractivity (Wildman–Crippen MR) is 144 cm³/mol. The van der Waals surface area contributed by atoms with Gasteiger partial charge >= 0.3 is 0 Å². The first-order valence-electron chi connectivity index (χ1n) is 12.9. The maximum atomic E-state index is 12.8. The Morgan fingerprint density at radius 2 is 1.58 bits per heavy atom. The Morgan fingerprint density at radius 1 is 0.889 bits per heavy atom. The van der Waals surface area contributed by atoms with E-state index in [1.807, 2.05) is 29.2 Å². The number of nitrogens with one attached hydrogen (secondary N) is 2. The van der Waals surface area contributed by atoms with E-state index >= 15 is 0 Å². The number of para-hydroxylation sites is 2. The molecule has 6 heteroatoms. The van der Waals surface area contributed by atoms with Crippen molar-refractivity contribution in [3.8, 4) is 0 Å². The lowest BCUT2D eigenvalue weighted by molar-refractivity contribution is -0.132. The first kappa shape index (κ1) is 24.1. The Balaban J connectivity index is 1.03. The van der Waals surface area contributed by atoms with Gasteiger partial charge in [0.05, 0.1) is 11.4 Å². The van der Waals surface area contributed by atoms with Crippen LogP contribution in [0.2, 0.25) is 0 Å². The van der Waals surface area contributed by atoms with E-state index in [-0.39, 0.29) is 11.8 Å². The zero-order valence-corrected chi connectivity index (χ0v) is 20.5. The van der Waals surface area contributed by atoms with Crippen LogP contribution in [0.15, 0.2) is 78.9 Å². The first-order valence-corrected chi connectivity index (χ1v) is 12.9. The molecule has 1 saturated heterocycles. The number of aryl methyl sites for hydroxylation is 1. The number of anilines is 2. The van der Waals surface area contributed by atoms with E-state index in [9.17, 15) is 9.59 Å². The van der Waals surface area contributed by atoms with E-state index in [0.29, 0.717) is 47.8 Å². The van der Waals surface area contributed by atoms with Crippen molar-refractivity contribution in [3.05, 3.63) is 95.6 Å². The van der Waals surface area contributed by atoms with Gasteiger partial charge in [-0.2, -0.15) is 0 Å². The van der Waals surface area contributed by atoms with Crippen LogP contribution in [-0.4, -0.2) is 41.9 Å². The summed E-state index contributed by atoms with van der Waals surface area (Å²) in [6.45, 7) is 1.64. The normalized spacial score (nSPS) is 19.6. The second kappa shape index (κ2) is 11.0. The first-order chi connectivity index (χ1) is 17.6. The van der Waals surface area contributed by atoms with E-state index in [0.717, 1.165) is 31.5 Å². The minimum Gasteiger partial charge on any atom is -0.397 e. The summed E-state index contributed by atoms with van der Waals surface area (Å²) in [6.07, 6.45) is 4.40. The molecule has 6 nitrogen and oxygen atoms in total. The number of benzene rings is 3. The van der Waals surface area contributed by atoms with Crippen LogP contribution in [0.1, 0.15) is 53.1 Å². The van der Waals surface area contributed by atoms with E-state index in [1.54, 1.807) is 24.3 Å². The molecular weight excluding hydrogens is 448 g/mol. The molecule has 0 radical (unpaired) electrons. The van der Waals surface area contributed by atoms with E-state index in [2.05, 4.69) is 41.0 Å². The van der Waals surface area contributed by atoms with Crippen LogP contribution in [0.5, 0.6) is 0 Å². The number of carbonyl (C=O) groups excluding carboxylic acids is 2. The highest BCUT2D eigenvalue weighted by atomic mass is 16.2. The van der Waals surface area contributed by atoms with Gasteiger partial charge in [-0.05, 0) is 61.1 Å². The zero-order chi connectivity index (χ0) is 24.9. The molecule has 3 aromatic carbocycles. The Morgan fingerprint density at radius 3 is 2.31 bits per heavy atom. The second-order valence-corrected chi connectivity index (χ2v) is 9.92. The number of nitrogens with two attached hydrogens (primary N) is 1. The number of hydrogen-bond donors (Lipinski definition) is 3. The van der Waals surface area contributed by atoms with E-state index < -0.39 is 0 Å². The molecule has 3 aromatic rings. The smallest absolute Gasteiger partial charge is 0.255 e. The lowest BCUT2D eigenvalue weighted by Crippen LogP contribution is -2.45. The molecule has 0 aromatic heterocycles. The molecule has 36 heavy (non-hydrogen) atoms. The molecule has 0 spiro atoms. The van der Waals surface area contributed by atoms with Gasteiger partial charge in [0.1, 0.15) is 0 Å². The zero-order valence-electron chi connectivity index (χ0n) is 20.5. The van der Waals surface area contributed by atoms with E-state index in [4.69, 9.17) is 5.73 Å². The molecule has 186 valence electrons. The largest absolute Gasteiger partial charge is 0.397 e. The topological polar surface area (TPSA) is 87.5 Å². The van der Waals surface area contributed by atoms with Crippen LogP contribution in [0, 0.1) is 0 Å². The highest BCUT2D eigenvalue weighted by Crippen LogP contribution is 2.41. The molecule has 2 unspecified atom stereocenters. The molecule has 1 aliphatic heterocycles. The fourth-order valence-corrected chi connectivity index (χ4v) is 5.08. The number of rotatable bonds is 8. The summed E-state index contributed by atoms with van der Waals surface area (Å²) in [5, 5.41) is 6.65. The van der Waals surface area contributed by atoms with Crippen LogP contribution >= 0.6 is 0 Å². The van der Waals surface area contributed by atoms with Crippen LogP contribution in [0.3, 0.4) is 0 Å². The van der Waals surface area contributed by atoms with Crippen molar-refractivity contribution < 1.29 is 9.59 Å². The average molecular weight is 483 g/mol. The Hall–Kier alpha value is -3.64. The van der Waals surface area contributed by atoms with Crippen molar-refractivity contribution in [3.63, 3.8) is 0 Å². The summed E-state index contributed by atoms with van der Waals surface area (Å²) < 4.78 is 0. The van der Waals surface area contributed by atoms with Crippen LogP contribution < -0.4 is 16.4 Å². The molecular formula is C30H34N4O2. The second-order valence-electron chi connectivity index (χ2n) is 9.92. The third kappa shape index (κ3) is 5.94. The van der Waals surface area contributed by atoms with Gasteiger partial charge in [0.15, 0.2) is 0 Å². The molecule has 2 fully saturated rings. The van der Waals surface area contributed by atoms with Gasteiger partial charge in [-0.15, -0.1) is 0 Å². The van der Waals surface area contributed by atoms with Crippen molar-refractivity contribution >= 4 is 23.2 Å². The number of nitrogens with zero attached hydrogens (tertiary/aromatic N) is 1. The molecule has 2 atom stereocenters. The highest BCUT2D eigenvalue weighted by Gasteiger charge is 2.39. The number of hydrogen-bond acceptors (Lipinski definition) is 4. The number of likely N-dealkylation sites (tertiary alicyclic amines) is 1. The number of amides is 2. The van der Waals surface area contributed by atoms with Gasteiger partial charge in [-0.3, -0.25) is 9.59 Å². The maximum absolute atomic E-state index is 12.8. The van der Waals surface area contributed by atoms with Crippen molar-refractivity contribution in [1.29, 1.82) is 0 Å². The summed E-state index contributed by atoms with van der Waals surface area (Å²) in [5.41, 5.74) is 10.1. The van der Waals surface area contributed by atoms with Gasteiger partial charge in [0, 0.05) is 43.1 Å². The summed E-state index contributed by atoms with van der Waals surface area (Å²) in [4.78, 5) is 27.3. The van der Waals surface area contributed by atoms with Crippen LogP contribution in [0.4, 0.5) is 11.4 Å². The Kier molecular flexibility index (Phi) is 7.33. The third-order valence-electron chi connectivity index (χ3n) is 7.37. The number of piperidine rings is 1. The van der Waals surface area contributed by atoms with Crippen LogP contribution in [0.25, 0.3) is 0 Å². The molecule has 2 aliphatic rings. The molecule has 1 heterocycles. The third-order valence-corrected chi connectivity index (χ3v) is 7.37. The fourth-order valence-electron chi connectivity index (χ4n) is 5.08. The van der Waals surface area contributed by atoms with Gasteiger partial charge in [0.25, 0.3) is 5.91 Å². The van der Waals surface area contributed by atoms with Gasteiger partial charge < -0.3 is 21.3 Å². The molecule has 0 bridgehead atoms. The van der Waals surface area contributed by atoms with Crippen molar-refractivity contribution in [2.24, 2.45) is 0 Å². The maximum Gasteiger partial charge on any atom is 0.255 e. The van der Waals surface area contributed by atoms with Gasteiger partial charge in [-0.25, -0.2) is 0 Å². The summed E-state index contributed by atoms with van der Waals surface area (Å²) in [5.74, 6) is 0.650. The van der Waals surface area contributed by atoms with Crippen molar-refractivity contribution in [1.82, 2.24) is 10.2 Å². The fraction of sp³-hybridized carbons (Fsp3) is 0.333. The van der Waals surface area contributed by atoms with Gasteiger partial charge in [0.2, 0.25) is 5.91 Å². The lowest BCUT2D eigenvalue weighted by atomic mass is 10.0. The monoisotopic (exact) mass is 482 g/mol. The van der Waals surface area contributed by atoms with Gasteiger partial charge in [-0.1, -0.05) is 54.6 Å². The minimum absolute atomic E-state index is 0.201. The molecule has 5 rings (SSSR count). The van der Waals surface area contributed by atoms with E-state index in [1.165, 1.54) is 12.0 Å². The van der Waals surface area contributed by atoms with Crippen molar-refractivity contribution in [2.45, 2.75) is 50.1 Å². The standard InChI is InChI=1S/C30H34N4O2/c31-26-8-4-5-9-27(26)33-30(36)23-13-10-21(11-14-23)12-15-29(35)34-18-16-24(17-19-34)32-28-20-25(28)22-6-2-1-3-7-22/h1-11,13-14,24-25,28,32H,12,15-20,31H2,(H,33,36). The summed E-state index contributed by atoms with van der Waals surface area (Å²) in [6, 6.07) is 26.4. The molecule has 1 saturated carbocycles. The SMILES string of the molecule is Nc1ccccc1NC(=O)c1ccc(CCC(=O)N2CCC(NC3CC3c3ccccc3)CC2)cc1. The summed E-state index contributed by atoms with van der Waals surface area (Å²) >= 11 is 0. The Labute approximate surface area is 212 Å². The lowest BCUT2D eigenvalue weighted by Gasteiger charge is -2.33. The minimum atomic E-state index is -0.201. The molecule has 4 N–H and O–H groups in total. The summed E-state index contributed by atoms with van der Waals surface area (Å²) in [7, 11) is 0. The highest BCUT2D eigenvalue weighted by molar-refractivity contribution is 6.05. The van der Waals surface area contributed by atoms with Crippen molar-refractivity contribution in [2.75, 3.05) is 24.1 Å². The quantitative estimate of drug-likeness (QED) is 0.410. The number of nitrogen functional groups attached to an aromatic ring is 1. The number of carbonyl (C=O) groups is 2.